The lowest BCUT2D eigenvalue weighted by Gasteiger charge is -2.14. The number of aliphatic hydroxyl groups excluding tert-OH is 1. The highest BCUT2D eigenvalue weighted by Crippen LogP contribution is 2.15. The minimum atomic E-state index is -0.675. The Balaban J connectivity index is 0.00000450. The Morgan fingerprint density at radius 2 is 1.60 bits per heavy atom. The molecule has 0 saturated carbocycles. The molecule has 9 nitrogen and oxygen atoms in total. The topological polar surface area (TPSA) is 140 Å². The number of carbonyl (C=O) groups is 2. The summed E-state index contributed by atoms with van der Waals surface area (Å²) in [7, 11) is 1.57. The highest BCUT2D eigenvalue weighted by molar-refractivity contribution is 5.94. The van der Waals surface area contributed by atoms with E-state index >= 15 is 0 Å². The highest BCUT2D eigenvalue weighted by Gasteiger charge is 2.07. The van der Waals surface area contributed by atoms with Gasteiger partial charge in [-0.05, 0) is 48.5 Å². The predicted octanol–water partition coefficient (Wildman–Crippen LogP) is 0.588. The number of amides is 2. The molecule has 6 N–H and O–H groups in total. The Bertz CT molecular complexity index is 780. The quantitative estimate of drug-likeness (QED) is 0.393. The van der Waals surface area contributed by atoms with Crippen molar-refractivity contribution in [2.24, 2.45) is 0 Å². The molecule has 0 saturated heterocycles. The Hall–Kier alpha value is -3.14. The molecule has 0 aliphatic carbocycles. The van der Waals surface area contributed by atoms with Gasteiger partial charge < -0.3 is 36.0 Å². The molecule has 0 fully saturated rings. The van der Waals surface area contributed by atoms with Crippen molar-refractivity contribution in [1.82, 2.24) is 10.6 Å². The first-order valence-corrected chi connectivity index (χ1v) is 9.32. The van der Waals surface area contributed by atoms with Gasteiger partial charge in [-0.25, -0.2) is 0 Å². The molecule has 0 aliphatic rings. The fourth-order valence-corrected chi connectivity index (χ4v) is 2.45. The molecule has 2 amide bonds. The van der Waals surface area contributed by atoms with Gasteiger partial charge in [-0.15, -0.1) is 0 Å². The fourth-order valence-electron chi connectivity index (χ4n) is 2.45. The number of rotatable bonds is 11. The van der Waals surface area contributed by atoms with E-state index in [4.69, 9.17) is 9.47 Å². The normalized spacial score (nSPS) is 11.0. The fraction of sp³-hybridized carbons (Fsp3) is 0.333. The maximum absolute atomic E-state index is 11.5. The first kappa shape index (κ1) is 24.9. The number of ether oxygens (including phenoxy) is 2. The second-order valence-electron chi connectivity index (χ2n) is 6.33. The van der Waals surface area contributed by atoms with Crippen LogP contribution in [0, 0.1) is 0 Å². The van der Waals surface area contributed by atoms with Crippen LogP contribution in [0.25, 0.3) is 0 Å². The summed E-state index contributed by atoms with van der Waals surface area (Å²) < 4.78 is 11.1. The van der Waals surface area contributed by atoms with Crippen LogP contribution in [0.15, 0.2) is 48.5 Å². The third-order valence-corrected chi connectivity index (χ3v) is 3.89. The molecule has 2 rings (SSSR count). The van der Waals surface area contributed by atoms with Gasteiger partial charge in [0.05, 0.1) is 0 Å². The lowest BCUT2D eigenvalue weighted by molar-refractivity contribution is -0.114. The molecule has 0 radical (unpaired) electrons. The average Bonchev–Trinajstić information content (AvgIpc) is 2.72. The van der Waals surface area contributed by atoms with Gasteiger partial charge in [0, 0.05) is 38.3 Å². The number of hydrogen-bond donors (Lipinski definition) is 4. The number of carbonyl (C=O) groups excluding carboxylic acids is 2. The molecule has 0 heterocycles. The molecule has 0 bridgehead atoms. The van der Waals surface area contributed by atoms with Crippen LogP contribution in [-0.2, 0) is 4.79 Å². The van der Waals surface area contributed by atoms with Crippen molar-refractivity contribution in [2.45, 2.75) is 13.0 Å². The number of nitrogens with one attached hydrogen (secondary N) is 3. The summed E-state index contributed by atoms with van der Waals surface area (Å²) >= 11 is 0. The molecular weight excluding hydrogens is 390 g/mol. The summed E-state index contributed by atoms with van der Waals surface area (Å²) in [4.78, 5) is 22.5. The van der Waals surface area contributed by atoms with Gasteiger partial charge >= 0.3 is 0 Å². The number of benzene rings is 2. The van der Waals surface area contributed by atoms with Crippen LogP contribution in [0.1, 0.15) is 17.3 Å². The smallest absolute Gasteiger partial charge is 0.251 e. The average molecular weight is 419 g/mol. The van der Waals surface area contributed by atoms with Crippen molar-refractivity contribution in [3.63, 3.8) is 0 Å². The van der Waals surface area contributed by atoms with Crippen LogP contribution in [-0.4, -0.2) is 61.9 Å². The molecule has 2 aromatic rings. The Morgan fingerprint density at radius 3 is 2.20 bits per heavy atom. The van der Waals surface area contributed by atoms with Crippen LogP contribution in [0.4, 0.5) is 5.69 Å². The Morgan fingerprint density at radius 1 is 1.00 bits per heavy atom. The van der Waals surface area contributed by atoms with Crippen molar-refractivity contribution in [3.8, 4) is 11.5 Å². The molecule has 30 heavy (non-hydrogen) atoms. The minimum absolute atomic E-state index is 0. The zero-order valence-electron chi connectivity index (χ0n) is 17.1. The lowest BCUT2D eigenvalue weighted by atomic mass is 10.2. The zero-order chi connectivity index (χ0) is 21.1. The van der Waals surface area contributed by atoms with E-state index in [0.717, 1.165) is 5.69 Å². The van der Waals surface area contributed by atoms with E-state index in [9.17, 15) is 14.7 Å². The summed E-state index contributed by atoms with van der Waals surface area (Å²) in [5, 5.41) is 18.3. The van der Waals surface area contributed by atoms with Gasteiger partial charge in [0.2, 0.25) is 5.91 Å². The van der Waals surface area contributed by atoms with E-state index in [2.05, 4.69) is 16.0 Å². The summed E-state index contributed by atoms with van der Waals surface area (Å²) in [6.45, 7) is 2.96. The van der Waals surface area contributed by atoms with E-state index in [1.165, 1.54) is 6.92 Å². The number of aliphatic hydroxyl groups is 1. The predicted molar refractivity (Wildman–Crippen MR) is 114 cm³/mol. The first-order chi connectivity index (χ1) is 14.0. The maximum atomic E-state index is 11.5. The van der Waals surface area contributed by atoms with Gasteiger partial charge in [0.25, 0.3) is 5.91 Å². The van der Waals surface area contributed by atoms with E-state index < -0.39 is 6.10 Å². The molecule has 1 atom stereocenters. The SMILES string of the molecule is CNC(=O)c1ccc(OCC(O)CNCCOc2ccc(NC(C)=O)cc2)cc1.O. The molecule has 0 aromatic heterocycles. The highest BCUT2D eigenvalue weighted by atomic mass is 16.5. The van der Waals surface area contributed by atoms with E-state index in [-0.39, 0.29) is 23.9 Å². The maximum Gasteiger partial charge on any atom is 0.251 e. The van der Waals surface area contributed by atoms with Gasteiger partial charge in [0.15, 0.2) is 0 Å². The largest absolute Gasteiger partial charge is 0.492 e. The van der Waals surface area contributed by atoms with Crippen LogP contribution in [0.5, 0.6) is 11.5 Å². The van der Waals surface area contributed by atoms with E-state index in [0.29, 0.717) is 36.8 Å². The second kappa shape index (κ2) is 13.2. The zero-order valence-corrected chi connectivity index (χ0v) is 17.1. The second-order valence-corrected chi connectivity index (χ2v) is 6.33. The van der Waals surface area contributed by atoms with E-state index in [1.807, 2.05) is 0 Å². The number of hydrogen-bond acceptors (Lipinski definition) is 6. The summed E-state index contributed by atoms with van der Waals surface area (Å²) in [6.07, 6.45) is -0.675. The Kier molecular flexibility index (Phi) is 10.9. The van der Waals surface area contributed by atoms with Gasteiger partial charge in [-0.2, -0.15) is 0 Å². The monoisotopic (exact) mass is 419 g/mol. The molecule has 164 valence electrons. The van der Waals surface area contributed by atoms with Crippen molar-refractivity contribution in [1.29, 1.82) is 0 Å². The van der Waals surface area contributed by atoms with Crippen LogP contribution >= 0.6 is 0 Å². The third-order valence-electron chi connectivity index (χ3n) is 3.89. The molecule has 0 aliphatic heterocycles. The van der Waals surface area contributed by atoms with Crippen LogP contribution < -0.4 is 25.4 Å². The standard InChI is InChI=1S/C21H27N3O5.H2O/c1-15(25)24-17-5-9-19(10-6-17)28-12-11-23-13-18(26)14-29-20-7-3-16(4-8-20)21(27)22-2;/h3-10,18,23,26H,11-14H2,1-2H3,(H,22,27)(H,24,25);1H2. The summed E-state index contributed by atoms with van der Waals surface area (Å²) in [5.41, 5.74) is 1.26. The lowest BCUT2D eigenvalue weighted by Crippen LogP contribution is -2.33. The van der Waals surface area contributed by atoms with Gasteiger partial charge in [-0.1, -0.05) is 0 Å². The van der Waals surface area contributed by atoms with Gasteiger partial charge in [-0.3, -0.25) is 9.59 Å². The number of anilines is 1. The summed E-state index contributed by atoms with van der Waals surface area (Å²) in [5.74, 6) is 1.01. The molecular formula is C21H29N3O6. The van der Waals surface area contributed by atoms with E-state index in [1.54, 1.807) is 55.6 Å². The van der Waals surface area contributed by atoms with Crippen LogP contribution in [0.3, 0.4) is 0 Å². The third kappa shape index (κ3) is 8.91. The van der Waals surface area contributed by atoms with Crippen molar-refractivity contribution >= 4 is 17.5 Å². The minimum Gasteiger partial charge on any atom is -0.492 e. The first-order valence-electron chi connectivity index (χ1n) is 9.32. The van der Waals surface area contributed by atoms with Crippen molar-refractivity contribution in [3.05, 3.63) is 54.1 Å². The molecule has 0 spiro atoms. The molecule has 1 unspecified atom stereocenters. The van der Waals surface area contributed by atoms with Crippen molar-refractivity contribution < 1.29 is 29.6 Å². The Labute approximate surface area is 175 Å². The van der Waals surface area contributed by atoms with Crippen molar-refractivity contribution in [2.75, 3.05) is 38.7 Å². The van der Waals surface area contributed by atoms with Gasteiger partial charge in [0.1, 0.15) is 30.8 Å². The molecule has 9 heteroatoms. The van der Waals surface area contributed by atoms with Crippen LogP contribution in [0.2, 0.25) is 0 Å². The molecule has 2 aromatic carbocycles. The summed E-state index contributed by atoms with van der Waals surface area (Å²) in [6, 6.07) is 13.8.